The number of pyridine rings is 1. The van der Waals surface area contributed by atoms with Gasteiger partial charge in [0.1, 0.15) is 5.75 Å². The van der Waals surface area contributed by atoms with Crippen LogP contribution < -0.4 is 9.64 Å². The van der Waals surface area contributed by atoms with Crippen LogP contribution in [0.15, 0.2) is 48.7 Å². The fourth-order valence-electron chi connectivity index (χ4n) is 3.15. The van der Waals surface area contributed by atoms with Crippen molar-refractivity contribution in [2.24, 2.45) is 0 Å². The van der Waals surface area contributed by atoms with Crippen molar-refractivity contribution < 1.29 is 9.53 Å². The fourth-order valence-corrected chi connectivity index (χ4v) is 3.76. The number of benzene rings is 1. The number of amides is 1. The maximum absolute atomic E-state index is 13.1. The van der Waals surface area contributed by atoms with Gasteiger partial charge in [-0.1, -0.05) is 34.8 Å². The number of rotatable bonds is 5. The van der Waals surface area contributed by atoms with Gasteiger partial charge < -0.3 is 9.14 Å². The van der Waals surface area contributed by atoms with Gasteiger partial charge in [0.2, 0.25) is 5.91 Å². The Morgan fingerprint density at radius 3 is 2.48 bits per heavy atom. The van der Waals surface area contributed by atoms with Gasteiger partial charge in [0.25, 0.3) is 0 Å². The zero-order chi connectivity index (χ0) is 22.1. The quantitative estimate of drug-likeness (QED) is 0.407. The van der Waals surface area contributed by atoms with Crippen molar-refractivity contribution in [1.29, 1.82) is 0 Å². The molecule has 158 valence electrons. The van der Waals surface area contributed by atoms with Crippen LogP contribution in [0.5, 0.6) is 5.75 Å². The summed E-state index contributed by atoms with van der Waals surface area (Å²) in [6.45, 7) is 0. The number of hydrogen-bond donors (Lipinski definition) is 0. The molecule has 3 heterocycles. The van der Waals surface area contributed by atoms with E-state index < -0.39 is 0 Å². The van der Waals surface area contributed by atoms with Crippen LogP contribution in [0, 0.1) is 0 Å². The van der Waals surface area contributed by atoms with Crippen LogP contribution in [0.25, 0.3) is 16.9 Å². The number of halogens is 3. The van der Waals surface area contributed by atoms with Gasteiger partial charge in [-0.3, -0.25) is 9.69 Å². The summed E-state index contributed by atoms with van der Waals surface area (Å²) >= 11 is 18.4. The van der Waals surface area contributed by atoms with Gasteiger partial charge in [-0.05, 0) is 42.5 Å². The normalized spacial score (nSPS) is 11.0. The van der Waals surface area contributed by atoms with E-state index in [9.17, 15) is 4.79 Å². The smallest absolute Gasteiger partial charge is 0.233 e. The average molecular weight is 477 g/mol. The van der Waals surface area contributed by atoms with Crippen molar-refractivity contribution in [3.8, 4) is 17.0 Å². The Balaban J connectivity index is 1.78. The number of ether oxygens (including phenoxy) is 1. The second-order valence-electron chi connectivity index (χ2n) is 6.68. The summed E-state index contributed by atoms with van der Waals surface area (Å²) in [6, 6.07) is 12.2. The van der Waals surface area contributed by atoms with Crippen molar-refractivity contribution in [3.05, 3.63) is 69.6 Å². The van der Waals surface area contributed by atoms with E-state index in [2.05, 4.69) is 10.2 Å². The van der Waals surface area contributed by atoms with Crippen LogP contribution >= 0.6 is 34.8 Å². The summed E-state index contributed by atoms with van der Waals surface area (Å²) in [4.78, 5) is 19.2. The molecule has 31 heavy (non-hydrogen) atoms. The van der Waals surface area contributed by atoms with E-state index in [4.69, 9.17) is 44.5 Å². The topological polar surface area (TPSA) is 72.6 Å². The number of hydrogen-bond acceptors (Lipinski definition) is 5. The Morgan fingerprint density at radius 1 is 1.10 bits per heavy atom. The molecule has 0 saturated heterocycles. The zero-order valence-corrected chi connectivity index (χ0v) is 18.8. The van der Waals surface area contributed by atoms with Gasteiger partial charge in [0.05, 0.1) is 35.0 Å². The Morgan fingerprint density at radius 2 is 1.84 bits per heavy atom. The number of carbonyl (C=O) groups is 1. The summed E-state index contributed by atoms with van der Waals surface area (Å²) in [5.74, 6) is 0.877. The number of nitrogens with zero attached hydrogens (tertiary/aromatic N) is 5. The van der Waals surface area contributed by atoms with Crippen molar-refractivity contribution in [3.63, 3.8) is 0 Å². The number of fused-ring (bicyclic) bond motifs is 1. The molecule has 0 fully saturated rings. The Kier molecular flexibility index (Phi) is 6.00. The van der Waals surface area contributed by atoms with Gasteiger partial charge in [0.15, 0.2) is 16.6 Å². The van der Waals surface area contributed by atoms with E-state index in [1.165, 1.54) is 4.90 Å². The first-order valence-corrected chi connectivity index (χ1v) is 10.3. The van der Waals surface area contributed by atoms with Gasteiger partial charge >= 0.3 is 0 Å². The molecule has 1 aromatic carbocycles. The van der Waals surface area contributed by atoms with Gasteiger partial charge in [-0.25, -0.2) is 4.98 Å². The standard InChI is InChI=1S/C21H16Cl3N5O2/c1-28(18-8-7-17(24)26-27-18)19(30)10-16-20(12-3-5-14(31-2)6-4-12)25-21-15(23)9-13(22)11-29(16)21/h3-9,11H,10H2,1-2H3. The molecule has 0 bridgehead atoms. The second kappa shape index (κ2) is 8.70. The lowest BCUT2D eigenvalue weighted by atomic mass is 10.1. The van der Waals surface area contributed by atoms with E-state index in [0.717, 1.165) is 5.56 Å². The van der Waals surface area contributed by atoms with Crippen molar-refractivity contribution in [1.82, 2.24) is 19.6 Å². The lowest BCUT2D eigenvalue weighted by Gasteiger charge is -2.16. The van der Waals surface area contributed by atoms with Crippen LogP contribution in [-0.4, -0.2) is 39.6 Å². The molecule has 4 aromatic rings. The molecular weight excluding hydrogens is 461 g/mol. The van der Waals surface area contributed by atoms with Crippen LogP contribution in [0.1, 0.15) is 5.69 Å². The lowest BCUT2D eigenvalue weighted by molar-refractivity contribution is -0.117. The molecule has 0 aliphatic rings. The van der Waals surface area contributed by atoms with Crippen LogP contribution in [0.3, 0.4) is 0 Å². The molecule has 0 spiro atoms. The molecule has 0 atom stereocenters. The highest BCUT2D eigenvalue weighted by Crippen LogP contribution is 2.31. The average Bonchev–Trinajstić information content (AvgIpc) is 3.12. The number of methoxy groups -OCH3 is 1. The lowest BCUT2D eigenvalue weighted by Crippen LogP contribution is -2.29. The molecule has 0 unspecified atom stereocenters. The minimum absolute atomic E-state index is 0.0278. The van der Waals surface area contributed by atoms with E-state index >= 15 is 0 Å². The van der Waals surface area contributed by atoms with Crippen molar-refractivity contribution in [2.75, 3.05) is 19.1 Å². The number of carbonyl (C=O) groups excluding carboxylic acids is 1. The Bertz CT molecular complexity index is 1260. The minimum atomic E-state index is -0.218. The molecule has 0 N–H and O–H groups in total. The van der Waals surface area contributed by atoms with Gasteiger partial charge in [-0.2, -0.15) is 0 Å². The van der Waals surface area contributed by atoms with Crippen molar-refractivity contribution >= 4 is 52.2 Å². The third kappa shape index (κ3) is 4.30. The zero-order valence-electron chi connectivity index (χ0n) is 16.5. The second-order valence-corrected chi connectivity index (χ2v) is 7.91. The molecule has 3 aromatic heterocycles. The Labute approximate surface area is 193 Å². The SMILES string of the molecule is COc1ccc(-c2nc3c(Cl)cc(Cl)cn3c2CC(=O)N(C)c2ccc(Cl)nn2)cc1. The number of imidazole rings is 1. The van der Waals surface area contributed by atoms with Crippen LogP contribution in [0.2, 0.25) is 15.2 Å². The predicted octanol–water partition coefficient (Wildman–Crippen LogP) is 4.97. The Hall–Kier alpha value is -2.87. The minimum Gasteiger partial charge on any atom is -0.497 e. The predicted molar refractivity (Wildman–Crippen MR) is 121 cm³/mol. The third-order valence-electron chi connectivity index (χ3n) is 4.76. The highest BCUT2D eigenvalue weighted by atomic mass is 35.5. The number of likely N-dealkylation sites (N-methyl/N-ethyl adjacent to an activating group) is 1. The molecule has 0 saturated carbocycles. The fraction of sp³-hybridized carbons (Fsp3) is 0.143. The van der Waals surface area contributed by atoms with E-state index in [1.54, 1.807) is 43.0 Å². The van der Waals surface area contributed by atoms with Crippen molar-refractivity contribution in [2.45, 2.75) is 6.42 Å². The molecule has 0 radical (unpaired) electrons. The molecule has 4 rings (SSSR count). The third-order valence-corrected chi connectivity index (χ3v) is 5.44. The summed E-state index contributed by atoms with van der Waals surface area (Å²) in [5.41, 5.74) is 2.58. The maximum atomic E-state index is 13.1. The molecule has 7 nitrogen and oxygen atoms in total. The maximum Gasteiger partial charge on any atom is 0.233 e. The first-order valence-electron chi connectivity index (χ1n) is 9.13. The largest absolute Gasteiger partial charge is 0.497 e. The molecule has 0 aliphatic carbocycles. The summed E-state index contributed by atoms with van der Waals surface area (Å²) in [5, 5.41) is 8.82. The van der Waals surface area contributed by atoms with Crippen LogP contribution in [-0.2, 0) is 11.2 Å². The number of aromatic nitrogens is 4. The van der Waals surface area contributed by atoms with E-state index in [1.807, 2.05) is 24.3 Å². The summed E-state index contributed by atoms with van der Waals surface area (Å²) < 4.78 is 6.97. The first-order chi connectivity index (χ1) is 14.9. The first kappa shape index (κ1) is 21.4. The van der Waals surface area contributed by atoms with Gasteiger partial charge in [-0.15, -0.1) is 10.2 Å². The van der Waals surface area contributed by atoms with Gasteiger partial charge in [0, 0.05) is 18.8 Å². The highest BCUT2D eigenvalue weighted by Gasteiger charge is 2.22. The van der Waals surface area contributed by atoms with E-state index in [-0.39, 0.29) is 17.5 Å². The molecule has 1 amide bonds. The molecule has 10 heteroatoms. The monoisotopic (exact) mass is 475 g/mol. The summed E-state index contributed by atoms with van der Waals surface area (Å²) in [6.07, 6.45) is 1.72. The molecule has 0 aliphatic heterocycles. The molecular formula is C21H16Cl3N5O2. The van der Waals surface area contributed by atoms with E-state index in [0.29, 0.717) is 38.6 Å². The summed E-state index contributed by atoms with van der Waals surface area (Å²) in [7, 11) is 3.22. The van der Waals surface area contributed by atoms with Crippen LogP contribution in [0.4, 0.5) is 5.82 Å². The number of anilines is 1. The highest BCUT2D eigenvalue weighted by molar-refractivity contribution is 6.36.